The highest BCUT2D eigenvalue weighted by molar-refractivity contribution is 5.42. The van der Waals surface area contributed by atoms with Crippen molar-refractivity contribution in [2.75, 3.05) is 14.2 Å². The summed E-state index contributed by atoms with van der Waals surface area (Å²) in [6.07, 6.45) is 0.867. The summed E-state index contributed by atoms with van der Waals surface area (Å²) in [7, 11) is 3.34. The summed E-state index contributed by atoms with van der Waals surface area (Å²) in [6, 6.07) is 16.0. The van der Waals surface area contributed by atoms with Crippen molar-refractivity contribution < 1.29 is 9.47 Å². The Morgan fingerprint density at radius 2 is 1.18 bits per heavy atom. The van der Waals surface area contributed by atoms with Gasteiger partial charge in [-0.25, -0.2) is 0 Å². The molecule has 0 aromatic heterocycles. The molecule has 0 aliphatic carbocycles. The highest BCUT2D eigenvalue weighted by Gasteiger charge is 2.30. The van der Waals surface area contributed by atoms with Crippen LogP contribution in [0.3, 0.4) is 0 Å². The molecule has 3 nitrogen and oxygen atoms in total. The Morgan fingerprint density at radius 1 is 0.818 bits per heavy atom. The second-order valence-corrected chi connectivity index (χ2v) is 6.03. The molecule has 0 fully saturated rings. The molecule has 2 aromatic carbocycles. The Morgan fingerprint density at radius 3 is 1.45 bits per heavy atom. The van der Waals surface area contributed by atoms with E-state index in [-0.39, 0.29) is 0 Å². The van der Waals surface area contributed by atoms with Gasteiger partial charge in [0.1, 0.15) is 11.5 Å². The Balaban J connectivity index is 2.44. The van der Waals surface area contributed by atoms with Crippen molar-refractivity contribution >= 4 is 0 Å². The lowest BCUT2D eigenvalue weighted by atomic mass is 9.78. The zero-order valence-corrected chi connectivity index (χ0v) is 13.8. The van der Waals surface area contributed by atoms with Gasteiger partial charge in [-0.05, 0) is 47.7 Å². The fraction of sp³-hybridized carbons (Fsp3) is 0.368. The molecule has 0 atom stereocenters. The molecule has 2 rings (SSSR count). The first kappa shape index (κ1) is 16.4. The Hall–Kier alpha value is -2.00. The zero-order chi connectivity index (χ0) is 16.2. The summed E-state index contributed by atoms with van der Waals surface area (Å²) in [5.74, 6) is 2.16. The largest absolute Gasteiger partial charge is 0.497 e. The van der Waals surface area contributed by atoms with Gasteiger partial charge in [0.15, 0.2) is 0 Å². The lowest BCUT2D eigenvalue weighted by Gasteiger charge is -2.33. The number of methoxy groups -OCH3 is 2. The molecule has 0 heterocycles. The summed E-state index contributed by atoms with van der Waals surface area (Å²) in [5.41, 5.74) is 8.50. The number of ether oxygens (including phenoxy) is 2. The second-order valence-electron chi connectivity index (χ2n) is 6.03. The van der Waals surface area contributed by atoms with E-state index in [1.165, 1.54) is 0 Å². The van der Waals surface area contributed by atoms with Crippen LogP contribution in [0.15, 0.2) is 48.5 Å². The van der Waals surface area contributed by atoms with Crippen molar-refractivity contribution in [3.8, 4) is 11.5 Å². The summed E-state index contributed by atoms with van der Waals surface area (Å²) in [4.78, 5) is 0. The third-order valence-corrected chi connectivity index (χ3v) is 3.94. The van der Waals surface area contributed by atoms with E-state index in [1.54, 1.807) is 14.2 Å². The van der Waals surface area contributed by atoms with Crippen LogP contribution < -0.4 is 15.2 Å². The molecule has 22 heavy (non-hydrogen) atoms. The van der Waals surface area contributed by atoms with Gasteiger partial charge in [0.25, 0.3) is 0 Å². The van der Waals surface area contributed by atoms with E-state index in [0.717, 1.165) is 29.0 Å². The van der Waals surface area contributed by atoms with Crippen molar-refractivity contribution in [1.82, 2.24) is 0 Å². The highest BCUT2D eigenvalue weighted by Crippen LogP contribution is 2.34. The van der Waals surface area contributed by atoms with E-state index in [1.807, 2.05) is 48.5 Å². The molecule has 0 bridgehead atoms. The standard InChI is InChI=1S/C19H25NO2/c1-14(2)13-19(20,15-5-9-17(21-3)10-6-15)16-7-11-18(22-4)12-8-16/h5-12,14H,13,20H2,1-4H3. The minimum absolute atomic E-state index is 0.481. The SMILES string of the molecule is COc1ccc(C(N)(CC(C)C)c2ccc(OC)cc2)cc1. The van der Waals surface area contributed by atoms with Crippen LogP contribution in [0.5, 0.6) is 11.5 Å². The Labute approximate surface area is 133 Å². The summed E-state index contributed by atoms with van der Waals surface area (Å²) in [5, 5.41) is 0. The zero-order valence-electron chi connectivity index (χ0n) is 13.8. The molecule has 0 radical (unpaired) electrons. The third-order valence-electron chi connectivity index (χ3n) is 3.94. The van der Waals surface area contributed by atoms with Crippen LogP contribution in [0.25, 0.3) is 0 Å². The van der Waals surface area contributed by atoms with Crippen LogP contribution in [0.4, 0.5) is 0 Å². The molecule has 2 N–H and O–H groups in total. The maximum absolute atomic E-state index is 6.84. The van der Waals surface area contributed by atoms with Crippen molar-refractivity contribution in [3.05, 3.63) is 59.7 Å². The molecular weight excluding hydrogens is 274 g/mol. The first-order valence-corrected chi connectivity index (χ1v) is 7.57. The van der Waals surface area contributed by atoms with E-state index < -0.39 is 5.54 Å². The van der Waals surface area contributed by atoms with Crippen molar-refractivity contribution in [2.24, 2.45) is 11.7 Å². The van der Waals surface area contributed by atoms with Gasteiger partial charge in [-0.3, -0.25) is 0 Å². The van der Waals surface area contributed by atoms with Crippen LogP contribution in [0.1, 0.15) is 31.4 Å². The van der Waals surface area contributed by atoms with Crippen molar-refractivity contribution in [3.63, 3.8) is 0 Å². The van der Waals surface area contributed by atoms with Crippen LogP contribution >= 0.6 is 0 Å². The lowest BCUT2D eigenvalue weighted by Crippen LogP contribution is -2.39. The number of hydrogen-bond donors (Lipinski definition) is 1. The molecule has 0 spiro atoms. The maximum Gasteiger partial charge on any atom is 0.118 e. The normalized spacial score (nSPS) is 11.5. The van der Waals surface area contributed by atoms with E-state index >= 15 is 0 Å². The van der Waals surface area contributed by atoms with Gasteiger partial charge in [-0.1, -0.05) is 38.1 Å². The van der Waals surface area contributed by atoms with E-state index in [4.69, 9.17) is 15.2 Å². The summed E-state index contributed by atoms with van der Waals surface area (Å²) < 4.78 is 10.5. The molecule has 0 aliphatic rings. The van der Waals surface area contributed by atoms with E-state index in [0.29, 0.717) is 5.92 Å². The molecule has 0 unspecified atom stereocenters. The minimum Gasteiger partial charge on any atom is -0.497 e. The fourth-order valence-electron chi connectivity index (χ4n) is 2.82. The number of hydrogen-bond acceptors (Lipinski definition) is 3. The van der Waals surface area contributed by atoms with Gasteiger partial charge >= 0.3 is 0 Å². The number of nitrogens with two attached hydrogens (primary N) is 1. The van der Waals surface area contributed by atoms with Crippen molar-refractivity contribution in [2.45, 2.75) is 25.8 Å². The van der Waals surface area contributed by atoms with Gasteiger partial charge in [0, 0.05) is 0 Å². The molecular formula is C19H25NO2. The fourth-order valence-corrected chi connectivity index (χ4v) is 2.82. The molecule has 118 valence electrons. The molecule has 0 saturated heterocycles. The quantitative estimate of drug-likeness (QED) is 0.878. The van der Waals surface area contributed by atoms with Gasteiger partial charge in [0.05, 0.1) is 19.8 Å². The predicted octanol–water partition coefficient (Wildman–Crippen LogP) is 3.95. The monoisotopic (exact) mass is 299 g/mol. The van der Waals surface area contributed by atoms with Crippen LogP contribution in [-0.2, 0) is 5.54 Å². The maximum atomic E-state index is 6.84. The van der Waals surface area contributed by atoms with Crippen molar-refractivity contribution in [1.29, 1.82) is 0 Å². The van der Waals surface area contributed by atoms with E-state index in [2.05, 4.69) is 13.8 Å². The Bertz CT molecular complexity index is 540. The van der Waals surface area contributed by atoms with Crippen LogP contribution in [0.2, 0.25) is 0 Å². The number of benzene rings is 2. The van der Waals surface area contributed by atoms with Gasteiger partial charge < -0.3 is 15.2 Å². The minimum atomic E-state index is -0.521. The average molecular weight is 299 g/mol. The average Bonchev–Trinajstić information content (AvgIpc) is 2.54. The smallest absolute Gasteiger partial charge is 0.118 e. The first-order chi connectivity index (χ1) is 10.5. The van der Waals surface area contributed by atoms with Gasteiger partial charge in [0.2, 0.25) is 0 Å². The Kier molecular flexibility index (Phi) is 5.09. The van der Waals surface area contributed by atoms with Gasteiger partial charge in [-0.15, -0.1) is 0 Å². The second kappa shape index (κ2) is 6.84. The predicted molar refractivity (Wildman–Crippen MR) is 90.4 cm³/mol. The molecule has 0 aliphatic heterocycles. The third kappa shape index (κ3) is 3.42. The molecule has 0 amide bonds. The first-order valence-electron chi connectivity index (χ1n) is 7.57. The molecule has 3 heteroatoms. The summed E-state index contributed by atoms with van der Waals surface area (Å²) in [6.45, 7) is 4.38. The summed E-state index contributed by atoms with van der Waals surface area (Å²) >= 11 is 0. The number of rotatable bonds is 6. The highest BCUT2D eigenvalue weighted by atomic mass is 16.5. The molecule has 2 aromatic rings. The van der Waals surface area contributed by atoms with E-state index in [9.17, 15) is 0 Å². The molecule has 0 saturated carbocycles. The topological polar surface area (TPSA) is 44.5 Å². The van der Waals surface area contributed by atoms with Gasteiger partial charge in [-0.2, -0.15) is 0 Å². The van der Waals surface area contributed by atoms with Crippen LogP contribution in [-0.4, -0.2) is 14.2 Å². The lowest BCUT2D eigenvalue weighted by molar-refractivity contribution is 0.400. The van der Waals surface area contributed by atoms with Crippen LogP contribution in [0, 0.1) is 5.92 Å².